The average molecular weight is 280 g/mol. The molecule has 0 aromatic heterocycles. The normalized spacial score (nSPS) is 12.1. The van der Waals surface area contributed by atoms with E-state index in [1.54, 1.807) is 6.07 Å². The van der Waals surface area contributed by atoms with E-state index in [0.29, 0.717) is 5.90 Å². The van der Waals surface area contributed by atoms with Gasteiger partial charge in [-0.05, 0) is 24.3 Å². The van der Waals surface area contributed by atoms with Gasteiger partial charge in [0, 0.05) is 10.5 Å². The molecule has 2 N–H and O–H groups in total. The van der Waals surface area contributed by atoms with Crippen LogP contribution in [-0.4, -0.2) is 13.0 Å². The summed E-state index contributed by atoms with van der Waals surface area (Å²) in [6.07, 6.45) is 1.38. The SMILES string of the molecule is COC(/C=C(\N)C#N)=Nc1ccc(Br)cc1. The van der Waals surface area contributed by atoms with Crippen LogP contribution in [0.2, 0.25) is 0 Å². The van der Waals surface area contributed by atoms with Crippen LogP contribution in [0.5, 0.6) is 0 Å². The quantitative estimate of drug-likeness (QED) is 0.514. The lowest BCUT2D eigenvalue weighted by Crippen LogP contribution is -2.02. The predicted molar refractivity (Wildman–Crippen MR) is 66.1 cm³/mol. The Hall–Kier alpha value is -1.80. The molecule has 4 nitrogen and oxygen atoms in total. The topological polar surface area (TPSA) is 71.4 Å². The third-order valence-electron chi connectivity index (χ3n) is 1.68. The van der Waals surface area contributed by atoms with Crippen LogP contribution in [-0.2, 0) is 4.74 Å². The van der Waals surface area contributed by atoms with Crippen LogP contribution in [0.15, 0.2) is 45.5 Å². The van der Waals surface area contributed by atoms with Crippen LogP contribution in [0.3, 0.4) is 0 Å². The summed E-state index contributed by atoms with van der Waals surface area (Å²) in [4.78, 5) is 4.17. The number of nitrogens with zero attached hydrogens (tertiary/aromatic N) is 2. The first kappa shape index (κ1) is 12.3. The standard InChI is InChI=1S/C11H10BrN3O/c1-16-11(6-9(14)7-13)15-10-4-2-8(12)3-5-10/h2-6H,14H2,1H3/b9-6-,15-11?. The molecular weight excluding hydrogens is 270 g/mol. The van der Waals surface area contributed by atoms with Crippen molar-refractivity contribution >= 4 is 27.5 Å². The number of hydrogen-bond donors (Lipinski definition) is 1. The second-order valence-electron chi connectivity index (χ2n) is 2.84. The molecule has 0 aliphatic heterocycles. The molecular formula is C11H10BrN3O. The Bertz CT molecular complexity index is 457. The molecule has 5 heteroatoms. The maximum Gasteiger partial charge on any atom is 0.216 e. The highest BCUT2D eigenvalue weighted by Gasteiger charge is 1.97. The van der Waals surface area contributed by atoms with Gasteiger partial charge >= 0.3 is 0 Å². The fourth-order valence-corrected chi connectivity index (χ4v) is 1.21. The largest absolute Gasteiger partial charge is 0.481 e. The molecule has 0 radical (unpaired) electrons. The third-order valence-corrected chi connectivity index (χ3v) is 2.21. The summed E-state index contributed by atoms with van der Waals surface area (Å²) in [7, 11) is 1.47. The van der Waals surface area contributed by atoms with E-state index in [1.165, 1.54) is 13.2 Å². The molecule has 0 unspecified atom stereocenters. The van der Waals surface area contributed by atoms with Gasteiger partial charge in [0.15, 0.2) is 0 Å². The van der Waals surface area contributed by atoms with Crippen LogP contribution in [0.1, 0.15) is 0 Å². The van der Waals surface area contributed by atoms with Crippen molar-refractivity contribution in [2.75, 3.05) is 7.11 Å². The molecule has 1 aromatic carbocycles. The van der Waals surface area contributed by atoms with Crippen molar-refractivity contribution in [3.05, 3.63) is 40.5 Å². The van der Waals surface area contributed by atoms with E-state index >= 15 is 0 Å². The number of hydrogen-bond acceptors (Lipinski definition) is 4. The summed E-state index contributed by atoms with van der Waals surface area (Å²) in [6, 6.07) is 9.16. The van der Waals surface area contributed by atoms with Gasteiger partial charge in [0.25, 0.3) is 0 Å². The second kappa shape index (κ2) is 5.93. The summed E-state index contributed by atoms with van der Waals surface area (Å²) >= 11 is 3.33. The fraction of sp³-hybridized carbons (Fsp3) is 0.0909. The Morgan fingerprint density at radius 1 is 1.50 bits per heavy atom. The minimum Gasteiger partial charge on any atom is -0.481 e. The molecule has 0 saturated carbocycles. The number of allylic oxidation sites excluding steroid dienone is 1. The molecule has 0 spiro atoms. The summed E-state index contributed by atoms with van der Waals surface area (Å²) in [5, 5.41) is 8.52. The van der Waals surface area contributed by atoms with E-state index in [1.807, 2.05) is 24.3 Å². The van der Waals surface area contributed by atoms with Gasteiger partial charge in [-0.2, -0.15) is 5.26 Å². The van der Waals surface area contributed by atoms with Crippen molar-refractivity contribution in [2.45, 2.75) is 0 Å². The summed E-state index contributed by atoms with van der Waals surface area (Å²) < 4.78 is 5.96. The van der Waals surface area contributed by atoms with E-state index in [0.717, 1.165) is 10.2 Å². The molecule has 0 heterocycles. The van der Waals surface area contributed by atoms with E-state index in [-0.39, 0.29) is 5.70 Å². The Morgan fingerprint density at radius 3 is 2.62 bits per heavy atom. The highest BCUT2D eigenvalue weighted by Crippen LogP contribution is 2.17. The second-order valence-corrected chi connectivity index (χ2v) is 3.76. The number of nitriles is 1. The van der Waals surface area contributed by atoms with Crippen molar-refractivity contribution in [1.82, 2.24) is 0 Å². The summed E-state index contributed by atoms with van der Waals surface area (Å²) in [5.41, 5.74) is 6.14. The van der Waals surface area contributed by atoms with E-state index in [4.69, 9.17) is 15.7 Å². The molecule has 0 saturated heterocycles. The van der Waals surface area contributed by atoms with Gasteiger partial charge in [-0.3, -0.25) is 0 Å². The number of ether oxygens (including phenoxy) is 1. The van der Waals surface area contributed by atoms with Crippen LogP contribution in [0.25, 0.3) is 0 Å². The molecule has 0 aliphatic carbocycles. The summed E-state index contributed by atoms with van der Waals surface area (Å²) in [6.45, 7) is 0. The maximum absolute atomic E-state index is 8.52. The molecule has 0 bridgehead atoms. The number of benzene rings is 1. The molecule has 16 heavy (non-hydrogen) atoms. The van der Waals surface area contributed by atoms with Gasteiger partial charge in [-0.1, -0.05) is 15.9 Å². The first-order valence-electron chi connectivity index (χ1n) is 4.41. The van der Waals surface area contributed by atoms with Crippen LogP contribution in [0, 0.1) is 11.3 Å². The Kier molecular flexibility index (Phi) is 4.55. The zero-order valence-electron chi connectivity index (χ0n) is 8.64. The maximum atomic E-state index is 8.52. The molecule has 0 aliphatic rings. The Labute approximate surface area is 102 Å². The first-order valence-corrected chi connectivity index (χ1v) is 5.20. The minimum atomic E-state index is 0.0534. The monoisotopic (exact) mass is 279 g/mol. The van der Waals surface area contributed by atoms with Gasteiger partial charge < -0.3 is 10.5 Å². The molecule has 0 fully saturated rings. The van der Waals surface area contributed by atoms with Gasteiger partial charge in [-0.25, -0.2) is 4.99 Å². The lowest BCUT2D eigenvalue weighted by atomic mass is 10.3. The molecule has 82 valence electrons. The van der Waals surface area contributed by atoms with Crippen LogP contribution >= 0.6 is 15.9 Å². The van der Waals surface area contributed by atoms with Crippen LogP contribution < -0.4 is 5.73 Å². The highest BCUT2D eigenvalue weighted by molar-refractivity contribution is 9.10. The smallest absolute Gasteiger partial charge is 0.216 e. The van der Waals surface area contributed by atoms with Gasteiger partial charge in [0.2, 0.25) is 5.90 Å². The van der Waals surface area contributed by atoms with Gasteiger partial charge in [0.1, 0.15) is 11.8 Å². The first-order chi connectivity index (χ1) is 7.65. The van der Waals surface area contributed by atoms with Crippen molar-refractivity contribution in [1.29, 1.82) is 5.26 Å². The van der Waals surface area contributed by atoms with Crippen molar-refractivity contribution in [3.63, 3.8) is 0 Å². The lowest BCUT2D eigenvalue weighted by molar-refractivity contribution is 0.407. The Balaban J connectivity index is 2.97. The third kappa shape index (κ3) is 3.75. The highest BCUT2D eigenvalue weighted by atomic mass is 79.9. The number of rotatable bonds is 2. The van der Waals surface area contributed by atoms with E-state index in [9.17, 15) is 0 Å². The number of methoxy groups -OCH3 is 1. The zero-order valence-corrected chi connectivity index (χ0v) is 10.2. The van der Waals surface area contributed by atoms with Crippen LogP contribution in [0.4, 0.5) is 5.69 Å². The molecule has 0 amide bonds. The fourth-order valence-electron chi connectivity index (χ4n) is 0.945. The van der Waals surface area contributed by atoms with E-state index < -0.39 is 0 Å². The van der Waals surface area contributed by atoms with Crippen molar-refractivity contribution in [2.24, 2.45) is 10.7 Å². The van der Waals surface area contributed by atoms with Gasteiger partial charge in [-0.15, -0.1) is 0 Å². The minimum absolute atomic E-state index is 0.0534. The zero-order chi connectivity index (χ0) is 12.0. The number of halogens is 1. The van der Waals surface area contributed by atoms with E-state index in [2.05, 4.69) is 20.9 Å². The molecule has 0 atom stereocenters. The van der Waals surface area contributed by atoms with Crippen molar-refractivity contribution < 1.29 is 4.74 Å². The number of aliphatic imine (C=N–C) groups is 1. The lowest BCUT2D eigenvalue weighted by Gasteiger charge is -2.00. The van der Waals surface area contributed by atoms with Crippen molar-refractivity contribution in [3.8, 4) is 6.07 Å². The molecule has 1 rings (SSSR count). The molecule has 1 aromatic rings. The Morgan fingerprint density at radius 2 is 2.12 bits per heavy atom. The van der Waals surface area contributed by atoms with Gasteiger partial charge in [0.05, 0.1) is 12.8 Å². The predicted octanol–water partition coefficient (Wildman–Crippen LogP) is 2.49. The average Bonchev–Trinajstić information content (AvgIpc) is 2.30. The number of nitrogens with two attached hydrogens (primary N) is 1. The summed E-state index contributed by atoms with van der Waals surface area (Å²) in [5.74, 6) is 0.293.